The fraction of sp³-hybridized carbons (Fsp3) is 0.133. The number of hydrogen-bond donors (Lipinski definition) is 1. The average Bonchev–Trinajstić information content (AvgIpc) is 2.82. The van der Waals surface area contributed by atoms with Crippen LogP contribution in [0.25, 0.3) is 0 Å². The molecule has 102 valence electrons. The van der Waals surface area contributed by atoms with Gasteiger partial charge in [-0.15, -0.1) is 0 Å². The first-order valence-electron chi connectivity index (χ1n) is 6.26. The minimum absolute atomic E-state index is 0.225. The lowest BCUT2D eigenvalue weighted by atomic mass is 10.0. The van der Waals surface area contributed by atoms with E-state index in [0.29, 0.717) is 23.1 Å². The highest BCUT2D eigenvalue weighted by molar-refractivity contribution is 6.30. The number of aliphatic imine (C=N–C) groups is 1. The minimum Gasteiger partial charge on any atom is -0.369 e. The van der Waals surface area contributed by atoms with Crippen molar-refractivity contribution >= 4 is 23.2 Å². The third-order valence-corrected chi connectivity index (χ3v) is 3.61. The second-order valence-corrected chi connectivity index (χ2v) is 5.02. The summed E-state index contributed by atoms with van der Waals surface area (Å²) in [5.41, 5.74) is 7.39. The second-order valence-electron chi connectivity index (χ2n) is 4.58. The maximum absolute atomic E-state index is 14.0. The van der Waals surface area contributed by atoms with Crippen molar-refractivity contribution in [1.29, 1.82) is 0 Å². The molecule has 2 aromatic carbocycles. The molecule has 2 N–H and O–H groups in total. The van der Waals surface area contributed by atoms with Gasteiger partial charge in [-0.05, 0) is 30.3 Å². The first-order valence-corrected chi connectivity index (χ1v) is 6.64. The van der Waals surface area contributed by atoms with Crippen molar-refractivity contribution < 1.29 is 4.39 Å². The van der Waals surface area contributed by atoms with Gasteiger partial charge in [-0.25, -0.2) is 4.39 Å². The molecule has 0 saturated heterocycles. The third-order valence-electron chi connectivity index (χ3n) is 3.35. The predicted molar refractivity (Wildman–Crippen MR) is 79.6 cm³/mol. The van der Waals surface area contributed by atoms with Crippen LogP contribution in [0.2, 0.25) is 5.02 Å². The third kappa shape index (κ3) is 2.23. The van der Waals surface area contributed by atoms with Crippen molar-refractivity contribution in [3.8, 4) is 0 Å². The summed E-state index contributed by atoms with van der Waals surface area (Å²) in [4.78, 5) is 6.06. The first kappa shape index (κ1) is 12.9. The Morgan fingerprint density at radius 1 is 1.15 bits per heavy atom. The molecule has 1 atom stereocenters. The summed E-state index contributed by atoms with van der Waals surface area (Å²) in [6.07, 6.45) is 0. The van der Waals surface area contributed by atoms with Crippen LogP contribution in [0.15, 0.2) is 53.5 Å². The van der Waals surface area contributed by atoms with Crippen molar-refractivity contribution in [2.24, 2.45) is 10.7 Å². The van der Waals surface area contributed by atoms with Crippen LogP contribution in [0, 0.1) is 5.82 Å². The molecule has 1 aliphatic heterocycles. The van der Waals surface area contributed by atoms with E-state index < -0.39 is 0 Å². The zero-order valence-electron chi connectivity index (χ0n) is 10.6. The maximum atomic E-state index is 14.0. The second kappa shape index (κ2) is 5.13. The van der Waals surface area contributed by atoms with E-state index in [1.165, 1.54) is 6.07 Å². The monoisotopic (exact) mass is 289 g/mol. The van der Waals surface area contributed by atoms with Gasteiger partial charge < -0.3 is 10.6 Å². The van der Waals surface area contributed by atoms with Crippen LogP contribution in [-0.4, -0.2) is 12.5 Å². The Bertz CT molecular complexity index is 654. The molecular formula is C15H13ClFN3. The highest BCUT2D eigenvalue weighted by Crippen LogP contribution is 2.32. The Labute approximate surface area is 121 Å². The van der Waals surface area contributed by atoms with E-state index in [1.54, 1.807) is 24.3 Å². The molecule has 0 amide bonds. The lowest BCUT2D eigenvalue weighted by Crippen LogP contribution is -2.36. The number of rotatable bonds is 2. The van der Waals surface area contributed by atoms with Crippen LogP contribution < -0.4 is 10.6 Å². The van der Waals surface area contributed by atoms with Crippen LogP contribution in [0.1, 0.15) is 11.6 Å². The lowest BCUT2D eigenvalue weighted by Gasteiger charge is -2.27. The van der Waals surface area contributed by atoms with Crippen molar-refractivity contribution in [2.75, 3.05) is 11.4 Å². The van der Waals surface area contributed by atoms with Crippen LogP contribution in [-0.2, 0) is 0 Å². The first-order chi connectivity index (χ1) is 9.66. The van der Waals surface area contributed by atoms with Gasteiger partial charge in [0.2, 0.25) is 0 Å². The maximum Gasteiger partial charge on any atom is 0.196 e. The highest BCUT2D eigenvalue weighted by atomic mass is 35.5. The van der Waals surface area contributed by atoms with Gasteiger partial charge in [0.15, 0.2) is 5.96 Å². The molecule has 2 aromatic rings. The molecule has 0 saturated carbocycles. The normalized spacial score (nSPS) is 18.2. The summed E-state index contributed by atoms with van der Waals surface area (Å²) in [5.74, 6) is 0.141. The molecule has 0 radical (unpaired) electrons. The number of hydrogen-bond acceptors (Lipinski definition) is 3. The largest absolute Gasteiger partial charge is 0.369 e. The number of nitrogens with two attached hydrogens (primary N) is 1. The standard InChI is InChI=1S/C15H13ClFN3/c16-10-5-7-11(8-6-10)20-14(9-19-15(20)18)12-3-1-2-4-13(12)17/h1-8,14H,9H2,(H2,18,19). The molecule has 0 bridgehead atoms. The van der Waals surface area contributed by atoms with E-state index in [2.05, 4.69) is 4.99 Å². The summed E-state index contributed by atoms with van der Waals surface area (Å²) in [7, 11) is 0. The Morgan fingerprint density at radius 2 is 1.85 bits per heavy atom. The fourth-order valence-electron chi connectivity index (χ4n) is 2.39. The molecule has 5 heteroatoms. The van der Waals surface area contributed by atoms with Crippen LogP contribution in [0.5, 0.6) is 0 Å². The van der Waals surface area contributed by atoms with Gasteiger partial charge in [-0.2, -0.15) is 0 Å². The molecule has 3 nitrogen and oxygen atoms in total. The molecule has 0 spiro atoms. The molecule has 0 fully saturated rings. The van der Waals surface area contributed by atoms with Gasteiger partial charge in [0.1, 0.15) is 5.82 Å². The van der Waals surface area contributed by atoms with E-state index in [1.807, 2.05) is 23.1 Å². The Hall–Kier alpha value is -2.07. The number of halogens is 2. The molecule has 3 rings (SSSR count). The van der Waals surface area contributed by atoms with Gasteiger partial charge in [-0.3, -0.25) is 4.99 Å². The van der Waals surface area contributed by atoms with Crippen LogP contribution >= 0.6 is 11.6 Å². The van der Waals surface area contributed by atoms with E-state index >= 15 is 0 Å². The molecule has 1 aliphatic rings. The summed E-state index contributed by atoms with van der Waals surface area (Å²) in [6.45, 7) is 0.440. The van der Waals surface area contributed by atoms with Gasteiger partial charge in [-0.1, -0.05) is 29.8 Å². The molecule has 1 heterocycles. The van der Waals surface area contributed by atoms with Gasteiger partial charge in [0.05, 0.1) is 12.6 Å². The minimum atomic E-state index is -0.249. The van der Waals surface area contributed by atoms with Gasteiger partial charge in [0.25, 0.3) is 0 Å². The number of guanidine groups is 1. The average molecular weight is 290 g/mol. The van der Waals surface area contributed by atoms with E-state index in [9.17, 15) is 4.39 Å². The smallest absolute Gasteiger partial charge is 0.196 e. The van der Waals surface area contributed by atoms with Crippen molar-refractivity contribution in [1.82, 2.24) is 0 Å². The number of benzene rings is 2. The molecular weight excluding hydrogens is 277 g/mol. The number of nitrogens with zero attached hydrogens (tertiary/aromatic N) is 2. The van der Waals surface area contributed by atoms with E-state index in [4.69, 9.17) is 17.3 Å². The number of anilines is 1. The predicted octanol–water partition coefficient (Wildman–Crippen LogP) is 3.36. The van der Waals surface area contributed by atoms with Crippen molar-refractivity contribution in [2.45, 2.75) is 6.04 Å². The Morgan fingerprint density at radius 3 is 2.55 bits per heavy atom. The SMILES string of the molecule is NC1=NCC(c2ccccc2F)N1c1ccc(Cl)cc1. The Kier molecular flexibility index (Phi) is 3.32. The molecule has 0 aliphatic carbocycles. The molecule has 0 aromatic heterocycles. The van der Waals surface area contributed by atoms with Crippen molar-refractivity contribution in [3.05, 3.63) is 64.9 Å². The summed E-state index contributed by atoms with van der Waals surface area (Å²) >= 11 is 5.89. The van der Waals surface area contributed by atoms with Crippen LogP contribution in [0.4, 0.5) is 10.1 Å². The van der Waals surface area contributed by atoms with Crippen LogP contribution in [0.3, 0.4) is 0 Å². The summed E-state index contributed by atoms with van der Waals surface area (Å²) < 4.78 is 14.0. The lowest BCUT2D eigenvalue weighted by molar-refractivity contribution is 0.589. The summed E-state index contributed by atoms with van der Waals surface area (Å²) in [6, 6.07) is 13.7. The van der Waals surface area contributed by atoms with E-state index in [-0.39, 0.29) is 11.9 Å². The molecule has 20 heavy (non-hydrogen) atoms. The quantitative estimate of drug-likeness (QED) is 0.921. The zero-order chi connectivity index (χ0) is 14.1. The summed E-state index contributed by atoms with van der Waals surface area (Å²) in [5, 5.41) is 0.644. The zero-order valence-corrected chi connectivity index (χ0v) is 11.4. The van der Waals surface area contributed by atoms with E-state index in [0.717, 1.165) is 5.69 Å². The van der Waals surface area contributed by atoms with Gasteiger partial charge in [0, 0.05) is 16.3 Å². The Balaban J connectivity index is 2.01. The topological polar surface area (TPSA) is 41.6 Å². The van der Waals surface area contributed by atoms with Crippen molar-refractivity contribution in [3.63, 3.8) is 0 Å². The molecule has 1 unspecified atom stereocenters. The highest BCUT2D eigenvalue weighted by Gasteiger charge is 2.30. The fourth-order valence-corrected chi connectivity index (χ4v) is 2.52. The van der Waals surface area contributed by atoms with Gasteiger partial charge >= 0.3 is 0 Å².